The molecule has 1 aromatic carbocycles. The van der Waals surface area contributed by atoms with Gasteiger partial charge >= 0.3 is 0 Å². The van der Waals surface area contributed by atoms with Crippen molar-refractivity contribution in [2.75, 3.05) is 25.0 Å². The van der Waals surface area contributed by atoms with E-state index >= 15 is 0 Å². The SMILES string of the molecule is CCCNC(=O)CCNC(=O)CNc1ccccc1. The Balaban J connectivity index is 2.10. The molecule has 0 aliphatic heterocycles. The zero-order chi connectivity index (χ0) is 13.9. The second-order valence-corrected chi connectivity index (χ2v) is 4.17. The Morgan fingerprint density at radius 2 is 1.68 bits per heavy atom. The number of amides is 2. The van der Waals surface area contributed by atoms with Crippen molar-refractivity contribution in [3.8, 4) is 0 Å². The summed E-state index contributed by atoms with van der Waals surface area (Å²) in [6.07, 6.45) is 1.23. The van der Waals surface area contributed by atoms with E-state index < -0.39 is 0 Å². The van der Waals surface area contributed by atoms with E-state index in [9.17, 15) is 9.59 Å². The van der Waals surface area contributed by atoms with Crippen LogP contribution in [0.1, 0.15) is 19.8 Å². The number of hydrogen-bond acceptors (Lipinski definition) is 3. The molecule has 1 aromatic rings. The van der Waals surface area contributed by atoms with Crippen molar-refractivity contribution < 1.29 is 9.59 Å². The molecule has 0 fully saturated rings. The molecule has 0 spiro atoms. The molecule has 0 heterocycles. The number of nitrogens with one attached hydrogen (secondary N) is 3. The Morgan fingerprint density at radius 1 is 1.00 bits per heavy atom. The van der Waals surface area contributed by atoms with Crippen molar-refractivity contribution in [1.29, 1.82) is 0 Å². The molecule has 0 aliphatic rings. The summed E-state index contributed by atoms with van der Waals surface area (Å²) in [6.45, 7) is 3.26. The lowest BCUT2D eigenvalue weighted by Gasteiger charge is -2.07. The third kappa shape index (κ3) is 7.08. The maximum atomic E-state index is 11.5. The Hall–Kier alpha value is -2.04. The molecule has 0 aliphatic carbocycles. The van der Waals surface area contributed by atoms with Crippen molar-refractivity contribution in [3.63, 3.8) is 0 Å². The van der Waals surface area contributed by atoms with E-state index in [4.69, 9.17) is 0 Å². The minimum atomic E-state index is -0.118. The highest BCUT2D eigenvalue weighted by atomic mass is 16.2. The lowest BCUT2D eigenvalue weighted by atomic mass is 10.3. The molecule has 3 N–H and O–H groups in total. The number of hydrogen-bond donors (Lipinski definition) is 3. The van der Waals surface area contributed by atoms with Crippen LogP contribution in [0.2, 0.25) is 0 Å². The van der Waals surface area contributed by atoms with Crippen molar-refractivity contribution in [1.82, 2.24) is 10.6 Å². The van der Waals surface area contributed by atoms with Crippen LogP contribution < -0.4 is 16.0 Å². The average molecular weight is 263 g/mol. The van der Waals surface area contributed by atoms with Gasteiger partial charge in [-0.2, -0.15) is 0 Å². The third-order valence-electron chi connectivity index (χ3n) is 2.47. The highest BCUT2D eigenvalue weighted by molar-refractivity contribution is 5.81. The summed E-state index contributed by atoms with van der Waals surface area (Å²) in [5, 5.41) is 8.46. The molecule has 0 unspecified atom stereocenters. The van der Waals surface area contributed by atoms with Gasteiger partial charge in [0.15, 0.2) is 0 Å². The summed E-state index contributed by atoms with van der Waals surface area (Å²) in [4.78, 5) is 22.8. The smallest absolute Gasteiger partial charge is 0.239 e. The van der Waals surface area contributed by atoms with Crippen molar-refractivity contribution in [2.45, 2.75) is 19.8 Å². The first-order chi connectivity index (χ1) is 9.22. The maximum Gasteiger partial charge on any atom is 0.239 e. The molecule has 0 atom stereocenters. The fourth-order valence-electron chi connectivity index (χ4n) is 1.47. The summed E-state index contributed by atoms with van der Waals surface area (Å²) in [5.41, 5.74) is 0.901. The van der Waals surface area contributed by atoms with Crippen molar-refractivity contribution in [2.24, 2.45) is 0 Å². The van der Waals surface area contributed by atoms with E-state index in [1.54, 1.807) is 0 Å². The maximum absolute atomic E-state index is 11.5. The monoisotopic (exact) mass is 263 g/mol. The Bertz CT molecular complexity index is 393. The van der Waals surface area contributed by atoms with Gasteiger partial charge in [-0.05, 0) is 18.6 Å². The average Bonchev–Trinajstić information content (AvgIpc) is 2.44. The van der Waals surface area contributed by atoms with Gasteiger partial charge in [0.25, 0.3) is 0 Å². The molecule has 19 heavy (non-hydrogen) atoms. The van der Waals surface area contributed by atoms with Gasteiger partial charge in [-0.1, -0.05) is 25.1 Å². The fourth-order valence-corrected chi connectivity index (χ4v) is 1.47. The normalized spacial score (nSPS) is 9.74. The van der Waals surface area contributed by atoms with Gasteiger partial charge in [0.2, 0.25) is 11.8 Å². The fraction of sp³-hybridized carbons (Fsp3) is 0.429. The first-order valence-corrected chi connectivity index (χ1v) is 6.54. The molecule has 2 amide bonds. The van der Waals surface area contributed by atoms with E-state index in [1.165, 1.54) is 0 Å². The lowest BCUT2D eigenvalue weighted by molar-refractivity contribution is -0.121. The van der Waals surface area contributed by atoms with Crippen LogP contribution in [0.25, 0.3) is 0 Å². The van der Waals surface area contributed by atoms with Crippen LogP contribution in [0.15, 0.2) is 30.3 Å². The number of para-hydroxylation sites is 1. The van der Waals surface area contributed by atoms with Gasteiger partial charge < -0.3 is 16.0 Å². The Kier molecular flexibility index (Phi) is 7.09. The van der Waals surface area contributed by atoms with E-state index in [2.05, 4.69) is 16.0 Å². The highest BCUT2D eigenvalue weighted by Gasteiger charge is 2.03. The molecule has 0 saturated heterocycles. The molecule has 1 rings (SSSR count). The zero-order valence-electron chi connectivity index (χ0n) is 11.2. The van der Waals surface area contributed by atoms with Gasteiger partial charge in [0.05, 0.1) is 6.54 Å². The van der Waals surface area contributed by atoms with Gasteiger partial charge in [0, 0.05) is 25.2 Å². The van der Waals surface area contributed by atoms with Gasteiger partial charge in [0.1, 0.15) is 0 Å². The number of anilines is 1. The van der Waals surface area contributed by atoms with Crippen LogP contribution in [0.4, 0.5) is 5.69 Å². The minimum Gasteiger partial charge on any atom is -0.376 e. The molecule has 5 heteroatoms. The summed E-state index contributed by atoms with van der Waals surface area (Å²) in [7, 11) is 0. The quantitative estimate of drug-likeness (QED) is 0.658. The molecule has 0 bridgehead atoms. The van der Waals surface area contributed by atoms with Crippen LogP contribution in [0, 0.1) is 0 Å². The summed E-state index contributed by atoms with van der Waals surface area (Å²) in [6, 6.07) is 9.51. The summed E-state index contributed by atoms with van der Waals surface area (Å²) < 4.78 is 0. The van der Waals surface area contributed by atoms with Crippen LogP contribution in [0.5, 0.6) is 0 Å². The molecule has 5 nitrogen and oxygen atoms in total. The van der Waals surface area contributed by atoms with Crippen LogP contribution >= 0.6 is 0 Å². The predicted molar refractivity (Wildman–Crippen MR) is 75.9 cm³/mol. The van der Waals surface area contributed by atoms with E-state index in [0.717, 1.165) is 12.1 Å². The van der Waals surface area contributed by atoms with Crippen LogP contribution in [0.3, 0.4) is 0 Å². The van der Waals surface area contributed by atoms with Gasteiger partial charge in [-0.25, -0.2) is 0 Å². The van der Waals surface area contributed by atoms with Crippen molar-refractivity contribution >= 4 is 17.5 Å². The third-order valence-corrected chi connectivity index (χ3v) is 2.47. The minimum absolute atomic E-state index is 0.0295. The van der Waals surface area contributed by atoms with E-state index in [1.807, 2.05) is 37.3 Å². The first kappa shape index (κ1) is 15.0. The Labute approximate surface area is 113 Å². The number of carbonyl (C=O) groups excluding carboxylic acids is 2. The molecule has 104 valence electrons. The lowest BCUT2D eigenvalue weighted by Crippen LogP contribution is -2.34. The van der Waals surface area contributed by atoms with Gasteiger partial charge in [-0.15, -0.1) is 0 Å². The largest absolute Gasteiger partial charge is 0.376 e. The van der Waals surface area contributed by atoms with E-state index in [0.29, 0.717) is 19.5 Å². The van der Waals surface area contributed by atoms with E-state index in [-0.39, 0.29) is 18.4 Å². The summed E-state index contributed by atoms with van der Waals surface area (Å²) >= 11 is 0. The Morgan fingerprint density at radius 3 is 2.37 bits per heavy atom. The van der Waals surface area contributed by atoms with Crippen LogP contribution in [-0.2, 0) is 9.59 Å². The van der Waals surface area contributed by atoms with Crippen molar-refractivity contribution in [3.05, 3.63) is 30.3 Å². The zero-order valence-corrected chi connectivity index (χ0v) is 11.2. The first-order valence-electron chi connectivity index (χ1n) is 6.54. The number of benzene rings is 1. The number of rotatable bonds is 8. The van der Waals surface area contributed by atoms with Gasteiger partial charge in [-0.3, -0.25) is 9.59 Å². The second kappa shape index (κ2) is 8.97. The highest BCUT2D eigenvalue weighted by Crippen LogP contribution is 2.03. The topological polar surface area (TPSA) is 70.2 Å². The molecule has 0 aromatic heterocycles. The predicted octanol–water partition coefficient (Wildman–Crippen LogP) is 1.13. The standard InChI is InChI=1S/C14H21N3O2/c1-2-9-15-13(18)8-10-16-14(19)11-17-12-6-4-3-5-7-12/h3-7,17H,2,8-11H2,1H3,(H,15,18)(H,16,19). The van der Waals surface area contributed by atoms with Crippen LogP contribution in [-0.4, -0.2) is 31.4 Å². The molecule has 0 radical (unpaired) electrons. The second-order valence-electron chi connectivity index (χ2n) is 4.17. The molecular weight excluding hydrogens is 242 g/mol. The summed E-state index contributed by atoms with van der Waals surface area (Å²) in [5.74, 6) is -0.148. The number of carbonyl (C=O) groups is 2. The molecule has 0 saturated carbocycles. The molecular formula is C14H21N3O2.